The van der Waals surface area contributed by atoms with Gasteiger partial charge >= 0.3 is 5.97 Å². The first kappa shape index (κ1) is 19.4. The number of non-ortho nitro benzene ring substituents is 1. The molecule has 1 atom stereocenters. The van der Waals surface area contributed by atoms with Crippen LogP contribution in [0.2, 0.25) is 0 Å². The van der Waals surface area contributed by atoms with E-state index in [9.17, 15) is 24.5 Å². The summed E-state index contributed by atoms with van der Waals surface area (Å²) >= 11 is 0. The third-order valence-electron chi connectivity index (χ3n) is 3.37. The summed E-state index contributed by atoms with van der Waals surface area (Å²) in [6.07, 6.45) is 2.54. The van der Waals surface area contributed by atoms with Gasteiger partial charge < -0.3 is 20.2 Å². The first-order valence-electron chi connectivity index (χ1n) is 7.62. The van der Waals surface area contributed by atoms with Gasteiger partial charge in [-0.1, -0.05) is 0 Å². The predicted molar refractivity (Wildman–Crippen MR) is 92.5 cm³/mol. The van der Waals surface area contributed by atoms with E-state index >= 15 is 0 Å². The molecule has 2 amide bonds. The van der Waals surface area contributed by atoms with Crippen LogP contribution in [0.15, 0.2) is 52.8 Å². The number of nitro benzene ring substituents is 1. The average molecular weight is 373 g/mol. The lowest BCUT2D eigenvalue weighted by Gasteiger charge is -2.13. The number of nitro groups is 1. The number of aliphatic carboxylic acids is 1. The molecule has 0 saturated heterocycles. The maximum Gasteiger partial charge on any atom is 0.325 e. The first-order valence-corrected chi connectivity index (χ1v) is 7.62. The summed E-state index contributed by atoms with van der Waals surface area (Å²) in [4.78, 5) is 45.5. The molecule has 0 radical (unpaired) electrons. The molecule has 0 aliphatic rings. The molecule has 0 spiro atoms. The highest BCUT2D eigenvalue weighted by Gasteiger charge is 2.20. The van der Waals surface area contributed by atoms with Gasteiger partial charge in [-0.25, -0.2) is 0 Å². The summed E-state index contributed by atoms with van der Waals surface area (Å²) in [6, 6.07) is 6.90. The minimum atomic E-state index is -1.25. The van der Waals surface area contributed by atoms with E-state index in [1.54, 1.807) is 0 Å². The number of benzene rings is 1. The average Bonchev–Trinajstić information content (AvgIpc) is 3.16. The van der Waals surface area contributed by atoms with Gasteiger partial charge in [0.25, 0.3) is 17.5 Å². The topological polar surface area (TPSA) is 152 Å². The lowest BCUT2D eigenvalue weighted by atomic mass is 10.1. The van der Waals surface area contributed by atoms with Gasteiger partial charge in [0, 0.05) is 12.1 Å². The zero-order valence-electron chi connectivity index (χ0n) is 14.0. The lowest BCUT2D eigenvalue weighted by molar-refractivity contribution is -0.384. The van der Waals surface area contributed by atoms with Gasteiger partial charge in [0.15, 0.2) is 5.76 Å². The Hall–Kier alpha value is -3.95. The van der Waals surface area contributed by atoms with Crippen molar-refractivity contribution in [3.8, 4) is 0 Å². The monoisotopic (exact) mass is 373 g/mol. The fraction of sp³-hybridized carbons (Fsp3) is 0.118. The van der Waals surface area contributed by atoms with Crippen LogP contribution >= 0.6 is 0 Å². The number of hydrogen-bond donors (Lipinski definition) is 3. The van der Waals surface area contributed by atoms with Crippen LogP contribution in [0, 0.1) is 10.1 Å². The van der Waals surface area contributed by atoms with E-state index < -0.39 is 28.7 Å². The fourth-order valence-electron chi connectivity index (χ4n) is 1.95. The summed E-state index contributed by atoms with van der Waals surface area (Å²) < 4.78 is 4.95. The molecule has 140 valence electrons. The van der Waals surface area contributed by atoms with E-state index in [1.165, 1.54) is 55.7 Å². The molecule has 10 heteroatoms. The van der Waals surface area contributed by atoms with E-state index in [0.29, 0.717) is 5.56 Å². The number of hydrogen-bond acceptors (Lipinski definition) is 6. The van der Waals surface area contributed by atoms with Crippen LogP contribution in [0.25, 0.3) is 6.08 Å². The van der Waals surface area contributed by atoms with Gasteiger partial charge in [0.2, 0.25) is 0 Å². The Morgan fingerprint density at radius 2 is 1.89 bits per heavy atom. The van der Waals surface area contributed by atoms with E-state index in [0.717, 1.165) is 0 Å². The molecule has 0 aliphatic carbocycles. The van der Waals surface area contributed by atoms with Crippen molar-refractivity contribution in [2.75, 3.05) is 0 Å². The number of carbonyl (C=O) groups excluding carboxylic acids is 2. The Kier molecular flexibility index (Phi) is 6.05. The van der Waals surface area contributed by atoms with E-state index in [4.69, 9.17) is 9.52 Å². The zero-order valence-corrected chi connectivity index (χ0v) is 14.0. The van der Waals surface area contributed by atoms with E-state index in [1.807, 2.05) is 0 Å². The van der Waals surface area contributed by atoms with Crippen LogP contribution in [-0.2, 0) is 9.59 Å². The Morgan fingerprint density at radius 3 is 2.41 bits per heavy atom. The molecule has 3 N–H and O–H groups in total. The molecule has 2 rings (SSSR count). The molecule has 1 aromatic heterocycles. The van der Waals surface area contributed by atoms with Crippen LogP contribution < -0.4 is 10.6 Å². The maximum absolute atomic E-state index is 12.3. The molecular weight excluding hydrogens is 358 g/mol. The molecule has 2 aromatic rings. The van der Waals surface area contributed by atoms with Crippen molar-refractivity contribution in [1.82, 2.24) is 10.6 Å². The zero-order chi connectivity index (χ0) is 20.0. The highest BCUT2D eigenvalue weighted by atomic mass is 16.6. The summed E-state index contributed by atoms with van der Waals surface area (Å²) in [7, 11) is 0. The maximum atomic E-state index is 12.3. The lowest BCUT2D eigenvalue weighted by Crippen LogP contribution is -2.42. The molecule has 1 aromatic carbocycles. The second-order valence-electron chi connectivity index (χ2n) is 5.37. The summed E-state index contributed by atoms with van der Waals surface area (Å²) in [6.45, 7) is 1.26. The first-order chi connectivity index (χ1) is 12.8. The van der Waals surface area contributed by atoms with Gasteiger partial charge in [-0.05, 0) is 42.8 Å². The number of amides is 2. The molecule has 1 unspecified atom stereocenters. The number of nitrogens with zero attached hydrogens (tertiary/aromatic N) is 1. The van der Waals surface area contributed by atoms with Gasteiger partial charge in [0.05, 0.1) is 11.2 Å². The van der Waals surface area contributed by atoms with Crippen LogP contribution in [-0.4, -0.2) is 33.9 Å². The third-order valence-corrected chi connectivity index (χ3v) is 3.37. The minimum Gasteiger partial charge on any atom is -0.480 e. The van der Waals surface area contributed by atoms with Gasteiger partial charge in [-0.3, -0.25) is 24.5 Å². The summed E-state index contributed by atoms with van der Waals surface area (Å²) in [5.41, 5.74) is -0.0101. The number of rotatable bonds is 7. The molecule has 27 heavy (non-hydrogen) atoms. The largest absolute Gasteiger partial charge is 0.480 e. The molecule has 0 bridgehead atoms. The van der Waals surface area contributed by atoms with E-state index in [-0.39, 0.29) is 17.1 Å². The Bertz CT molecular complexity index is 886. The Balaban J connectivity index is 2.29. The Labute approximate surface area is 152 Å². The van der Waals surface area contributed by atoms with Gasteiger partial charge in [-0.15, -0.1) is 0 Å². The fourth-order valence-corrected chi connectivity index (χ4v) is 1.95. The highest BCUT2D eigenvalue weighted by molar-refractivity contribution is 6.05. The number of carboxylic acid groups (broad SMARTS) is 1. The van der Waals surface area contributed by atoms with Crippen LogP contribution in [0.5, 0.6) is 0 Å². The van der Waals surface area contributed by atoms with Gasteiger partial charge in [-0.2, -0.15) is 0 Å². The molecular formula is C17H15N3O7. The van der Waals surface area contributed by atoms with Crippen molar-refractivity contribution in [1.29, 1.82) is 0 Å². The highest BCUT2D eigenvalue weighted by Crippen LogP contribution is 2.14. The molecule has 0 fully saturated rings. The predicted octanol–water partition coefficient (Wildman–Crippen LogP) is 1.55. The molecule has 0 saturated carbocycles. The van der Waals surface area contributed by atoms with Crippen molar-refractivity contribution in [2.45, 2.75) is 13.0 Å². The number of furan rings is 1. The van der Waals surface area contributed by atoms with Crippen LogP contribution in [0.4, 0.5) is 5.69 Å². The molecule has 0 aliphatic heterocycles. The Morgan fingerprint density at radius 1 is 1.22 bits per heavy atom. The second-order valence-corrected chi connectivity index (χ2v) is 5.37. The smallest absolute Gasteiger partial charge is 0.325 e. The third kappa shape index (κ3) is 5.26. The van der Waals surface area contributed by atoms with Crippen LogP contribution in [0.3, 0.4) is 0 Å². The summed E-state index contributed by atoms with van der Waals surface area (Å²) in [5.74, 6) is -2.87. The van der Waals surface area contributed by atoms with E-state index in [2.05, 4.69) is 10.6 Å². The van der Waals surface area contributed by atoms with Crippen LogP contribution in [0.1, 0.15) is 23.0 Å². The normalized spacial score (nSPS) is 12.1. The van der Waals surface area contributed by atoms with Crippen molar-refractivity contribution in [3.63, 3.8) is 0 Å². The molecule has 10 nitrogen and oxygen atoms in total. The SMILES string of the molecule is CC(NC(=O)/C(=C/c1ccc([N+](=O)[O-])cc1)NC(=O)c1ccco1)C(=O)O. The number of carboxylic acids is 1. The standard InChI is InChI=1S/C17H15N3O7/c1-10(17(23)24)18-15(21)13(19-16(22)14-3-2-8-27-14)9-11-4-6-12(7-5-11)20(25)26/h2-10H,1H3,(H,18,21)(H,19,22)(H,23,24)/b13-9-. The van der Waals surface area contributed by atoms with Crippen molar-refractivity contribution < 1.29 is 28.8 Å². The number of nitrogens with one attached hydrogen (secondary N) is 2. The second kappa shape index (κ2) is 8.43. The quantitative estimate of drug-likeness (QED) is 0.378. The van der Waals surface area contributed by atoms with Gasteiger partial charge in [0.1, 0.15) is 11.7 Å². The van der Waals surface area contributed by atoms with Crippen molar-refractivity contribution in [2.24, 2.45) is 0 Å². The van der Waals surface area contributed by atoms with Crippen molar-refractivity contribution in [3.05, 3.63) is 69.8 Å². The summed E-state index contributed by atoms with van der Waals surface area (Å²) in [5, 5.41) is 24.2. The molecule has 1 heterocycles. The van der Waals surface area contributed by atoms with Crippen molar-refractivity contribution >= 4 is 29.5 Å². The number of carbonyl (C=O) groups is 3. The minimum absolute atomic E-state index is 0.0521.